The van der Waals surface area contributed by atoms with Crippen molar-refractivity contribution in [2.45, 2.75) is 32.9 Å². The second-order valence-electron chi connectivity index (χ2n) is 6.58. The minimum absolute atomic E-state index is 0.344. The summed E-state index contributed by atoms with van der Waals surface area (Å²) in [4.78, 5) is 36.2. The summed E-state index contributed by atoms with van der Waals surface area (Å²) in [5, 5.41) is 6.11. The molecule has 0 radical (unpaired) electrons. The van der Waals surface area contributed by atoms with E-state index in [9.17, 15) is 14.4 Å². The average molecular weight is 437 g/mol. The summed E-state index contributed by atoms with van der Waals surface area (Å²) < 4.78 is 5.08. The van der Waals surface area contributed by atoms with E-state index < -0.39 is 29.9 Å². The van der Waals surface area contributed by atoms with Crippen LogP contribution in [0.15, 0.2) is 42.5 Å². The largest absolute Gasteiger partial charge is 0.451 e. The third kappa shape index (κ3) is 6.76. The van der Waals surface area contributed by atoms with Crippen LogP contribution < -0.4 is 10.6 Å². The van der Waals surface area contributed by atoms with Crippen molar-refractivity contribution in [2.75, 3.05) is 6.54 Å². The SMILES string of the molecule is Cc1ccc(C(=O)NCC(=O)OC(C)C(=O)NC(C)c2ccc(Cl)cc2Cl)cc1. The Morgan fingerprint density at radius 2 is 1.69 bits per heavy atom. The molecule has 0 bridgehead atoms. The van der Waals surface area contributed by atoms with Crippen molar-refractivity contribution >= 4 is 41.0 Å². The maximum absolute atomic E-state index is 12.3. The van der Waals surface area contributed by atoms with Crippen LogP contribution in [-0.4, -0.2) is 30.4 Å². The summed E-state index contributed by atoms with van der Waals surface area (Å²) >= 11 is 12.0. The molecule has 0 spiro atoms. The Morgan fingerprint density at radius 3 is 2.31 bits per heavy atom. The minimum atomic E-state index is -1.03. The number of hydrogen-bond donors (Lipinski definition) is 2. The van der Waals surface area contributed by atoms with Crippen LogP contribution in [0.2, 0.25) is 10.0 Å². The van der Waals surface area contributed by atoms with Gasteiger partial charge in [0, 0.05) is 15.6 Å². The molecule has 2 atom stereocenters. The lowest BCUT2D eigenvalue weighted by Gasteiger charge is -2.19. The highest BCUT2D eigenvalue weighted by atomic mass is 35.5. The topological polar surface area (TPSA) is 84.5 Å². The van der Waals surface area contributed by atoms with E-state index in [-0.39, 0.29) is 6.54 Å². The number of benzene rings is 2. The predicted octanol–water partition coefficient (Wildman–Crippen LogP) is 3.84. The van der Waals surface area contributed by atoms with Crippen LogP contribution in [0.25, 0.3) is 0 Å². The van der Waals surface area contributed by atoms with Crippen molar-refractivity contribution in [3.05, 3.63) is 69.2 Å². The van der Waals surface area contributed by atoms with Gasteiger partial charge in [0.05, 0.1) is 6.04 Å². The molecule has 2 rings (SSSR count). The molecule has 8 heteroatoms. The number of rotatable bonds is 7. The monoisotopic (exact) mass is 436 g/mol. The molecule has 2 amide bonds. The molecule has 0 saturated carbocycles. The van der Waals surface area contributed by atoms with E-state index in [1.807, 2.05) is 6.92 Å². The second-order valence-corrected chi connectivity index (χ2v) is 7.42. The summed E-state index contributed by atoms with van der Waals surface area (Å²) in [7, 11) is 0. The van der Waals surface area contributed by atoms with E-state index >= 15 is 0 Å². The number of halogens is 2. The Bertz CT molecular complexity index is 900. The molecule has 2 aromatic rings. The Morgan fingerprint density at radius 1 is 1.03 bits per heavy atom. The Balaban J connectivity index is 1.82. The molecule has 0 aliphatic heterocycles. The van der Waals surface area contributed by atoms with E-state index in [0.717, 1.165) is 5.56 Å². The zero-order valence-electron chi connectivity index (χ0n) is 16.3. The lowest BCUT2D eigenvalue weighted by atomic mass is 10.1. The molecular weight excluding hydrogens is 415 g/mol. The van der Waals surface area contributed by atoms with Crippen molar-refractivity contribution in [3.8, 4) is 0 Å². The molecule has 6 nitrogen and oxygen atoms in total. The number of esters is 1. The summed E-state index contributed by atoms with van der Waals surface area (Å²) in [5.74, 6) is -1.60. The molecule has 0 fully saturated rings. The zero-order chi connectivity index (χ0) is 21.6. The van der Waals surface area contributed by atoms with Gasteiger partial charge in [0.15, 0.2) is 6.10 Å². The molecule has 2 unspecified atom stereocenters. The number of aryl methyl sites for hydroxylation is 1. The Hall–Kier alpha value is -2.57. The first-order valence-corrected chi connectivity index (χ1v) is 9.72. The van der Waals surface area contributed by atoms with Gasteiger partial charge in [-0.25, -0.2) is 0 Å². The van der Waals surface area contributed by atoms with Crippen molar-refractivity contribution in [3.63, 3.8) is 0 Å². The van der Waals surface area contributed by atoms with Crippen molar-refractivity contribution < 1.29 is 19.1 Å². The molecular formula is C21H22Cl2N2O4. The smallest absolute Gasteiger partial charge is 0.326 e. The summed E-state index contributed by atoms with van der Waals surface area (Å²) in [6.45, 7) is 4.77. The van der Waals surface area contributed by atoms with Gasteiger partial charge >= 0.3 is 5.97 Å². The van der Waals surface area contributed by atoms with E-state index in [1.165, 1.54) is 6.92 Å². The number of carbonyl (C=O) groups is 3. The van der Waals surface area contributed by atoms with E-state index in [0.29, 0.717) is 21.2 Å². The van der Waals surface area contributed by atoms with Gasteiger partial charge in [-0.1, -0.05) is 47.0 Å². The second kappa shape index (κ2) is 10.3. The molecule has 0 aliphatic carbocycles. The van der Waals surface area contributed by atoms with Crippen molar-refractivity contribution in [1.82, 2.24) is 10.6 Å². The van der Waals surface area contributed by atoms with Gasteiger partial charge < -0.3 is 15.4 Å². The van der Waals surface area contributed by atoms with Gasteiger partial charge in [-0.05, 0) is 50.6 Å². The quantitative estimate of drug-likeness (QED) is 0.645. The van der Waals surface area contributed by atoms with Crippen LogP contribution in [0.3, 0.4) is 0 Å². The highest BCUT2D eigenvalue weighted by Crippen LogP contribution is 2.26. The van der Waals surface area contributed by atoms with Crippen LogP contribution >= 0.6 is 23.2 Å². The van der Waals surface area contributed by atoms with Crippen LogP contribution in [-0.2, 0) is 14.3 Å². The van der Waals surface area contributed by atoms with Crippen LogP contribution in [0.5, 0.6) is 0 Å². The number of nitrogens with one attached hydrogen (secondary N) is 2. The summed E-state index contributed by atoms with van der Waals surface area (Å²) in [6, 6.07) is 11.5. The van der Waals surface area contributed by atoms with E-state index in [4.69, 9.17) is 27.9 Å². The Labute approximate surface area is 179 Å². The number of hydrogen-bond acceptors (Lipinski definition) is 4. The Kier molecular flexibility index (Phi) is 8.05. The molecule has 0 aromatic heterocycles. The molecule has 29 heavy (non-hydrogen) atoms. The van der Waals surface area contributed by atoms with Crippen LogP contribution in [0, 0.1) is 6.92 Å². The zero-order valence-corrected chi connectivity index (χ0v) is 17.8. The van der Waals surface area contributed by atoms with E-state index in [2.05, 4.69) is 10.6 Å². The first kappa shape index (κ1) is 22.7. The highest BCUT2D eigenvalue weighted by Gasteiger charge is 2.21. The van der Waals surface area contributed by atoms with Gasteiger partial charge in [-0.3, -0.25) is 14.4 Å². The third-order valence-corrected chi connectivity index (χ3v) is 4.73. The number of amides is 2. The fourth-order valence-corrected chi connectivity index (χ4v) is 3.09. The molecule has 2 aromatic carbocycles. The standard InChI is InChI=1S/C21H22Cl2N2O4/c1-12-4-6-15(7-5-12)21(28)24-11-19(26)29-14(3)20(27)25-13(2)17-9-8-16(22)10-18(17)23/h4-10,13-14H,11H2,1-3H3,(H,24,28)(H,25,27). The molecule has 0 heterocycles. The van der Waals surface area contributed by atoms with Gasteiger partial charge in [0.25, 0.3) is 11.8 Å². The first-order chi connectivity index (χ1) is 13.7. The normalized spacial score (nSPS) is 12.6. The van der Waals surface area contributed by atoms with Gasteiger partial charge in [-0.2, -0.15) is 0 Å². The van der Waals surface area contributed by atoms with Gasteiger partial charge in [0.2, 0.25) is 0 Å². The maximum Gasteiger partial charge on any atom is 0.326 e. The fraction of sp³-hybridized carbons (Fsp3) is 0.286. The molecule has 0 saturated heterocycles. The van der Waals surface area contributed by atoms with E-state index in [1.54, 1.807) is 49.4 Å². The summed E-state index contributed by atoms with van der Waals surface area (Å²) in [5.41, 5.74) is 2.14. The number of ether oxygens (including phenoxy) is 1. The van der Waals surface area contributed by atoms with Gasteiger partial charge in [-0.15, -0.1) is 0 Å². The maximum atomic E-state index is 12.3. The predicted molar refractivity (Wildman–Crippen MR) is 112 cm³/mol. The molecule has 154 valence electrons. The molecule has 0 aliphatic rings. The number of carbonyl (C=O) groups excluding carboxylic acids is 3. The van der Waals surface area contributed by atoms with Crippen LogP contribution in [0.4, 0.5) is 0 Å². The molecule has 2 N–H and O–H groups in total. The highest BCUT2D eigenvalue weighted by molar-refractivity contribution is 6.35. The van der Waals surface area contributed by atoms with Crippen molar-refractivity contribution in [1.29, 1.82) is 0 Å². The third-order valence-electron chi connectivity index (χ3n) is 4.17. The minimum Gasteiger partial charge on any atom is -0.451 e. The average Bonchev–Trinajstić information content (AvgIpc) is 2.66. The first-order valence-electron chi connectivity index (χ1n) is 8.97. The lowest BCUT2D eigenvalue weighted by molar-refractivity contribution is -0.154. The van der Waals surface area contributed by atoms with Gasteiger partial charge in [0.1, 0.15) is 6.54 Å². The van der Waals surface area contributed by atoms with Crippen molar-refractivity contribution in [2.24, 2.45) is 0 Å². The fourth-order valence-electron chi connectivity index (χ4n) is 2.51. The summed E-state index contributed by atoms with van der Waals surface area (Å²) in [6.07, 6.45) is -1.03. The lowest BCUT2D eigenvalue weighted by Crippen LogP contribution is -2.39. The van der Waals surface area contributed by atoms with Crippen LogP contribution in [0.1, 0.15) is 41.4 Å².